The molecule has 0 aliphatic heterocycles. The largest absolute Gasteiger partial charge is 0.507 e. The Morgan fingerprint density at radius 2 is 1.84 bits per heavy atom. The number of amides is 1. The lowest BCUT2D eigenvalue weighted by Gasteiger charge is -2.05. The lowest BCUT2D eigenvalue weighted by atomic mass is 10.2. The Morgan fingerprint density at radius 1 is 1.21 bits per heavy atom. The Bertz CT molecular complexity index is 581. The van der Waals surface area contributed by atoms with Crippen molar-refractivity contribution in [3.63, 3.8) is 0 Å². The molecule has 0 aromatic heterocycles. The van der Waals surface area contributed by atoms with Crippen molar-refractivity contribution in [2.45, 2.75) is 0 Å². The zero-order valence-corrected chi connectivity index (χ0v) is 10.8. The van der Waals surface area contributed by atoms with Crippen LogP contribution in [0.2, 0.25) is 0 Å². The molecule has 0 atom stereocenters. The van der Waals surface area contributed by atoms with Gasteiger partial charge in [0.25, 0.3) is 0 Å². The molecule has 19 heavy (non-hydrogen) atoms. The first-order chi connectivity index (χ1) is 8.81. The van der Waals surface area contributed by atoms with Crippen molar-refractivity contribution in [1.82, 2.24) is 0 Å². The summed E-state index contributed by atoms with van der Waals surface area (Å²) in [6.45, 7) is 0. The van der Waals surface area contributed by atoms with Gasteiger partial charge in [-0.25, -0.2) is 9.59 Å². The molecule has 1 rings (SSSR count). The van der Waals surface area contributed by atoms with Gasteiger partial charge in [-0.15, -0.1) is 0 Å². The number of hydrogen-bond donors (Lipinski definition) is 4. The first-order valence-corrected chi connectivity index (χ1v) is 5.58. The molecule has 0 aliphatic carbocycles. The average Bonchev–Trinajstić information content (AvgIpc) is 2.30. The van der Waals surface area contributed by atoms with E-state index >= 15 is 0 Å². The maximum Gasteiger partial charge on any atom is 0.342 e. The number of rotatable bonds is 4. The first-order valence-electron chi connectivity index (χ1n) is 4.79. The molecular weight excluding hydrogens is 322 g/mol. The number of phenols is 1. The third-order valence-electron chi connectivity index (χ3n) is 1.96. The Balaban J connectivity index is 2.92. The molecule has 0 radical (unpaired) electrons. The van der Waals surface area contributed by atoms with Crippen molar-refractivity contribution in [3.05, 3.63) is 34.3 Å². The number of nitrogens with one attached hydrogen (secondary N) is 1. The maximum atomic E-state index is 11.4. The van der Waals surface area contributed by atoms with E-state index in [0.717, 1.165) is 18.2 Å². The molecule has 0 spiro atoms. The van der Waals surface area contributed by atoms with Crippen LogP contribution in [0.5, 0.6) is 5.75 Å². The number of aromatic carboxylic acids is 1. The van der Waals surface area contributed by atoms with Crippen LogP contribution in [-0.2, 0) is 9.59 Å². The fourth-order valence-corrected chi connectivity index (χ4v) is 1.35. The van der Waals surface area contributed by atoms with E-state index in [4.69, 9.17) is 10.2 Å². The molecular formula is C11H8BrNO6. The number of benzene rings is 1. The van der Waals surface area contributed by atoms with Crippen molar-refractivity contribution in [2.24, 2.45) is 0 Å². The normalized spacial score (nSPS) is 10.9. The second-order valence-electron chi connectivity index (χ2n) is 3.32. The lowest BCUT2D eigenvalue weighted by Crippen LogP contribution is -2.10. The number of carboxylic acids is 2. The summed E-state index contributed by atoms with van der Waals surface area (Å²) in [6, 6.07) is 3.44. The second-order valence-corrected chi connectivity index (χ2v) is 4.18. The van der Waals surface area contributed by atoms with Gasteiger partial charge in [-0.05, 0) is 34.1 Å². The number of hydrogen-bond acceptors (Lipinski definition) is 4. The van der Waals surface area contributed by atoms with Gasteiger partial charge in [0.2, 0.25) is 5.91 Å². The van der Waals surface area contributed by atoms with Crippen molar-refractivity contribution in [3.8, 4) is 5.75 Å². The molecule has 4 N–H and O–H groups in total. The minimum Gasteiger partial charge on any atom is -0.507 e. The number of carbonyl (C=O) groups excluding carboxylic acids is 1. The fraction of sp³-hybridized carbons (Fsp3) is 0. The Kier molecular flexibility index (Phi) is 4.65. The smallest absolute Gasteiger partial charge is 0.342 e. The van der Waals surface area contributed by atoms with E-state index in [9.17, 15) is 19.5 Å². The SMILES string of the molecule is O=C(/C=C(/Br)C(=O)O)Nc1ccc(O)c(C(=O)O)c1. The average molecular weight is 330 g/mol. The first kappa shape index (κ1) is 14.7. The number of anilines is 1. The summed E-state index contributed by atoms with van der Waals surface area (Å²) in [4.78, 5) is 32.6. The number of aliphatic carboxylic acids is 1. The second kappa shape index (κ2) is 6.01. The number of carboxylic acid groups (broad SMARTS) is 2. The highest BCUT2D eigenvalue weighted by atomic mass is 79.9. The van der Waals surface area contributed by atoms with Crippen LogP contribution >= 0.6 is 15.9 Å². The van der Waals surface area contributed by atoms with E-state index < -0.39 is 23.6 Å². The molecule has 0 saturated heterocycles. The predicted octanol–water partition coefficient (Wildman–Crippen LogP) is 1.39. The summed E-state index contributed by atoms with van der Waals surface area (Å²) in [5.41, 5.74) is -0.263. The summed E-state index contributed by atoms with van der Waals surface area (Å²) in [5.74, 6) is -3.85. The Labute approximate surface area is 115 Å². The molecule has 0 fully saturated rings. The van der Waals surface area contributed by atoms with Crippen molar-refractivity contribution in [1.29, 1.82) is 0 Å². The predicted molar refractivity (Wildman–Crippen MR) is 68.3 cm³/mol. The molecule has 100 valence electrons. The lowest BCUT2D eigenvalue weighted by molar-refractivity contribution is -0.132. The fourth-order valence-electron chi connectivity index (χ4n) is 1.14. The zero-order chi connectivity index (χ0) is 14.6. The molecule has 0 unspecified atom stereocenters. The molecule has 0 saturated carbocycles. The minimum absolute atomic E-state index is 0.113. The van der Waals surface area contributed by atoms with Gasteiger partial charge in [-0.2, -0.15) is 0 Å². The van der Waals surface area contributed by atoms with Gasteiger partial charge in [0.15, 0.2) is 0 Å². The zero-order valence-electron chi connectivity index (χ0n) is 9.25. The molecule has 0 aliphatic rings. The highest BCUT2D eigenvalue weighted by Gasteiger charge is 2.11. The van der Waals surface area contributed by atoms with E-state index in [1.807, 2.05) is 0 Å². The van der Waals surface area contributed by atoms with Gasteiger partial charge >= 0.3 is 11.9 Å². The monoisotopic (exact) mass is 329 g/mol. The van der Waals surface area contributed by atoms with Crippen molar-refractivity contribution in [2.75, 3.05) is 5.32 Å². The van der Waals surface area contributed by atoms with E-state index in [2.05, 4.69) is 21.2 Å². The molecule has 0 heterocycles. The summed E-state index contributed by atoms with van der Waals surface area (Å²) < 4.78 is -0.345. The third-order valence-corrected chi connectivity index (χ3v) is 2.52. The molecule has 1 aromatic carbocycles. The summed E-state index contributed by atoms with van der Waals surface area (Å²) in [6.07, 6.45) is 0.787. The molecule has 7 nitrogen and oxygen atoms in total. The number of aromatic hydroxyl groups is 1. The number of carbonyl (C=O) groups is 3. The van der Waals surface area contributed by atoms with E-state index in [0.29, 0.717) is 0 Å². The standard InChI is InChI=1S/C11H8BrNO6/c12-7(11(18)19)4-9(15)13-5-1-2-8(14)6(3-5)10(16)17/h1-4,14H,(H,13,15)(H,16,17)(H,18,19)/b7-4+. The van der Waals surface area contributed by atoms with Gasteiger partial charge in [0.05, 0.1) is 0 Å². The molecule has 1 amide bonds. The van der Waals surface area contributed by atoms with Gasteiger partial charge < -0.3 is 20.6 Å². The summed E-state index contributed by atoms with van der Waals surface area (Å²) >= 11 is 2.67. The van der Waals surface area contributed by atoms with Gasteiger partial charge in [0, 0.05) is 11.8 Å². The van der Waals surface area contributed by atoms with Crippen LogP contribution in [0.15, 0.2) is 28.8 Å². The van der Waals surface area contributed by atoms with Crippen LogP contribution in [-0.4, -0.2) is 33.2 Å². The highest BCUT2D eigenvalue weighted by molar-refractivity contribution is 9.12. The van der Waals surface area contributed by atoms with Crippen LogP contribution in [0.25, 0.3) is 0 Å². The van der Waals surface area contributed by atoms with Crippen LogP contribution in [0.4, 0.5) is 5.69 Å². The topological polar surface area (TPSA) is 124 Å². The minimum atomic E-state index is -1.35. The summed E-state index contributed by atoms with van der Waals surface area (Å²) in [5, 5.41) is 28.9. The highest BCUT2D eigenvalue weighted by Crippen LogP contribution is 2.21. The Hall–Kier alpha value is -2.35. The summed E-state index contributed by atoms with van der Waals surface area (Å²) in [7, 11) is 0. The van der Waals surface area contributed by atoms with Gasteiger partial charge in [0.1, 0.15) is 15.8 Å². The van der Waals surface area contributed by atoms with Crippen LogP contribution in [0, 0.1) is 0 Å². The van der Waals surface area contributed by atoms with Crippen LogP contribution < -0.4 is 5.32 Å². The molecule has 1 aromatic rings. The van der Waals surface area contributed by atoms with Crippen LogP contribution in [0.3, 0.4) is 0 Å². The van der Waals surface area contributed by atoms with Crippen LogP contribution in [0.1, 0.15) is 10.4 Å². The third kappa shape index (κ3) is 4.11. The molecule has 0 bridgehead atoms. The molecule has 8 heteroatoms. The van der Waals surface area contributed by atoms with Gasteiger partial charge in [-0.1, -0.05) is 0 Å². The van der Waals surface area contributed by atoms with Crippen molar-refractivity contribution < 1.29 is 29.7 Å². The number of halogens is 1. The van der Waals surface area contributed by atoms with E-state index in [1.54, 1.807) is 0 Å². The quantitative estimate of drug-likeness (QED) is 0.489. The van der Waals surface area contributed by atoms with E-state index in [1.165, 1.54) is 6.07 Å². The van der Waals surface area contributed by atoms with E-state index in [-0.39, 0.29) is 15.7 Å². The van der Waals surface area contributed by atoms with Crippen molar-refractivity contribution >= 4 is 39.5 Å². The maximum absolute atomic E-state index is 11.4. The van der Waals surface area contributed by atoms with Gasteiger partial charge in [-0.3, -0.25) is 4.79 Å². The Morgan fingerprint density at radius 3 is 2.37 bits per heavy atom.